The highest BCUT2D eigenvalue weighted by molar-refractivity contribution is 5.74. The van der Waals surface area contributed by atoms with E-state index in [1.807, 2.05) is 0 Å². The van der Waals surface area contributed by atoms with Crippen LogP contribution < -0.4 is 5.84 Å². The summed E-state index contributed by atoms with van der Waals surface area (Å²) in [6.45, 7) is 1.22. The molecule has 1 fully saturated rings. The monoisotopic (exact) mass is 241 g/mol. The van der Waals surface area contributed by atoms with Crippen LogP contribution in [0.4, 0.5) is 13.6 Å². The number of halogens is 2. The van der Waals surface area contributed by atoms with Crippen molar-refractivity contribution in [3.63, 3.8) is 0 Å². The van der Waals surface area contributed by atoms with E-state index >= 15 is 0 Å². The van der Waals surface area contributed by atoms with Crippen molar-refractivity contribution in [2.75, 3.05) is 13.1 Å². The maximum absolute atomic E-state index is 13.0. The molecule has 2 N–H and O–H groups in total. The van der Waals surface area contributed by atoms with Crippen LogP contribution in [0.15, 0.2) is 18.2 Å². The fraction of sp³-hybridized carbons (Fsp3) is 0.364. The molecule has 2 amide bonds. The van der Waals surface area contributed by atoms with Gasteiger partial charge in [0.25, 0.3) is 0 Å². The molecule has 4 nitrogen and oxygen atoms in total. The van der Waals surface area contributed by atoms with E-state index in [1.165, 1.54) is 17.0 Å². The summed E-state index contributed by atoms with van der Waals surface area (Å²) in [7, 11) is 0. The average Bonchev–Trinajstić information content (AvgIpc) is 2.23. The number of amides is 2. The van der Waals surface area contributed by atoms with Crippen molar-refractivity contribution in [3.05, 3.63) is 35.4 Å². The third-order valence-electron chi connectivity index (χ3n) is 2.64. The first-order valence-electron chi connectivity index (χ1n) is 5.32. The summed E-state index contributed by atoms with van der Waals surface area (Å²) in [5.74, 6) is 4.19. The normalized spacial score (nSPS) is 16.5. The molecule has 0 radical (unpaired) electrons. The number of rotatable bonds is 2. The van der Waals surface area contributed by atoms with Crippen molar-refractivity contribution in [2.24, 2.45) is 5.84 Å². The Hall–Kier alpha value is -1.69. The maximum atomic E-state index is 13.0. The topological polar surface area (TPSA) is 49.6 Å². The maximum Gasteiger partial charge on any atom is 0.334 e. The van der Waals surface area contributed by atoms with Crippen molar-refractivity contribution >= 4 is 6.03 Å². The van der Waals surface area contributed by atoms with Crippen molar-refractivity contribution in [1.29, 1.82) is 0 Å². The van der Waals surface area contributed by atoms with Crippen LogP contribution in [0.3, 0.4) is 0 Å². The Balaban J connectivity index is 2.12. The second-order valence-corrected chi connectivity index (χ2v) is 4.03. The molecule has 1 aromatic rings. The molecule has 17 heavy (non-hydrogen) atoms. The molecular formula is C11H13F2N3O. The number of benzene rings is 1. The summed E-state index contributed by atoms with van der Waals surface area (Å²) in [5.41, 5.74) is 0.422. The van der Waals surface area contributed by atoms with E-state index in [-0.39, 0.29) is 12.6 Å². The van der Waals surface area contributed by atoms with Crippen LogP contribution in [-0.4, -0.2) is 29.0 Å². The van der Waals surface area contributed by atoms with Gasteiger partial charge < -0.3 is 4.90 Å². The van der Waals surface area contributed by atoms with Gasteiger partial charge in [0.15, 0.2) is 0 Å². The van der Waals surface area contributed by atoms with Crippen LogP contribution in [0, 0.1) is 11.6 Å². The van der Waals surface area contributed by atoms with Crippen molar-refractivity contribution in [1.82, 2.24) is 9.91 Å². The molecule has 1 aliphatic heterocycles. The molecule has 6 heteroatoms. The van der Waals surface area contributed by atoms with Crippen LogP contribution in [-0.2, 0) is 6.54 Å². The quantitative estimate of drug-likeness (QED) is 0.629. The second-order valence-electron chi connectivity index (χ2n) is 4.03. The molecule has 0 atom stereocenters. The summed E-state index contributed by atoms with van der Waals surface area (Å²) in [6.07, 6.45) is 0.750. The average molecular weight is 241 g/mol. The largest absolute Gasteiger partial charge is 0.334 e. The van der Waals surface area contributed by atoms with Gasteiger partial charge in [-0.15, -0.1) is 0 Å². The van der Waals surface area contributed by atoms with Crippen LogP contribution in [0.5, 0.6) is 0 Å². The summed E-state index contributed by atoms with van der Waals surface area (Å²) < 4.78 is 26.0. The predicted molar refractivity (Wildman–Crippen MR) is 57.7 cm³/mol. The number of carbonyl (C=O) groups excluding carboxylic acids is 1. The summed E-state index contributed by atoms with van der Waals surface area (Å²) >= 11 is 0. The van der Waals surface area contributed by atoms with Crippen molar-refractivity contribution in [2.45, 2.75) is 13.0 Å². The summed E-state index contributed by atoms with van der Waals surface area (Å²) in [4.78, 5) is 13.1. The van der Waals surface area contributed by atoms with Crippen LogP contribution >= 0.6 is 0 Å². The van der Waals surface area contributed by atoms with E-state index in [2.05, 4.69) is 0 Å². The van der Waals surface area contributed by atoms with Gasteiger partial charge in [-0.2, -0.15) is 0 Å². The number of hydrogen-bond acceptors (Lipinski definition) is 2. The zero-order valence-electron chi connectivity index (χ0n) is 9.20. The molecule has 0 spiro atoms. The van der Waals surface area contributed by atoms with Gasteiger partial charge in [-0.3, -0.25) is 5.01 Å². The molecule has 1 aromatic carbocycles. The molecule has 0 unspecified atom stereocenters. The van der Waals surface area contributed by atoms with Crippen molar-refractivity contribution in [3.8, 4) is 0 Å². The smallest absolute Gasteiger partial charge is 0.319 e. The van der Waals surface area contributed by atoms with Gasteiger partial charge in [0.05, 0.1) is 0 Å². The molecule has 0 saturated carbocycles. The second kappa shape index (κ2) is 4.67. The van der Waals surface area contributed by atoms with Crippen LogP contribution in [0.2, 0.25) is 0 Å². The molecule has 1 aliphatic rings. The molecule has 92 valence electrons. The Bertz CT molecular complexity index is 418. The predicted octanol–water partition coefficient (Wildman–Crippen LogP) is 1.47. The Morgan fingerprint density at radius 3 is 2.47 bits per heavy atom. The van der Waals surface area contributed by atoms with Gasteiger partial charge in [-0.25, -0.2) is 19.4 Å². The standard InChI is InChI=1S/C11H13F2N3O/c12-9-4-8(5-10(13)6-9)7-15-2-1-3-16(14)11(15)17/h4-6H,1-3,7,14H2. The number of carbonyl (C=O) groups is 1. The first kappa shape index (κ1) is 11.8. The lowest BCUT2D eigenvalue weighted by atomic mass is 10.2. The summed E-state index contributed by atoms with van der Waals surface area (Å²) in [6, 6.07) is 2.91. The highest BCUT2D eigenvalue weighted by Crippen LogP contribution is 2.14. The van der Waals surface area contributed by atoms with Crippen molar-refractivity contribution < 1.29 is 13.6 Å². The fourth-order valence-corrected chi connectivity index (χ4v) is 1.87. The first-order chi connectivity index (χ1) is 8.06. The fourth-order valence-electron chi connectivity index (χ4n) is 1.87. The highest BCUT2D eigenvalue weighted by atomic mass is 19.1. The first-order valence-corrected chi connectivity index (χ1v) is 5.32. The lowest BCUT2D eigenvalue weighted by Crippen LogP contribution is -2.52. The van der Waals surface area contributed by atoms with E-state index in [4.69, 9.17) is 5.84 Å². The molecule has 1 saturated heterocycles. The van der Waals surface area contributed by atoms with Gasteiger partial charge in [-0.05, 0) is 24.1 Å². The number of hydrogen-bond donors (Lipinski definition) is 1. The van der Waals surface area contributed by atoms with E-state index in [0.29, 0.717) is 18.7 Å². The van der Waals surface area contributed by atoms with Gasteiger partial charge >= 0.3 is 6.03 Å². The lowest BCUT2D eigenvalue weighted by Gasteiger charge is -2.32. The minimum absolute atomic E-state index is 0.168. The van der Waals surface area contributed by atoms with E-state index in [9.17, 15) is 13.6 Å². The van der Waals surface area contributed by atoms with Crippen LogP contribution in [0.1, 0.15) is 12.0 Å². The number of nitrogens with two attached hydrogens (primary N) is 1. The lowest BCUT2D eigenvalue weighted by molar-refractivity contribution is 0.127. The Kier molecular flexibility index (Phi) is 3.23. The van der Waals surface area contributed by atoms with E-state index < -0.39 is 11.6 Å². The molecule has 2 rings (SSSR count). The molecule has 0 aromatic heterocycles. The van der Waals surface area contributed by atoms with Gasteiger partial charge in [0, 0.05) is 25.7 Å². The molecule has 1 heterocycles. The van der Waals surface area contributed by atoms with Crippen LogP contribution in [0.25, 0.3) is 0 Å². The van der Waals surface area contributed by atoms with Gasteiger partial charge in [0.1, 0.15) is 11.6 Å². The Morgan fingerprint density at radius 2 is 1.82 bits per heavy atom. The minimum Gasteiger partial charge on any atom is -0.319 e. The zero-order chi connectivity index (χ0) is 12.4. The minimum atomic E-state index is -0.644. The van der Waals surface area contributed by atoms with Gasteiger partial charge in [-0.1, -0.05) is 0 Å². The Morgan fingerprint density at radius 1 is 1.18 bits per heavy atom. The number of urea groups is 1. The zero-order valence-corrected chi connectivity index (χ0v) is 9.20. The number of hydrazine groups is 1. The third-order valence-corrected chi connectivity index (χ3v) is 2.64. The Labute approximate surface area is 97.6 Å². The third kappa shape index (κ3) is 2.71. The van der Waals surface area contributed by atoms with E-state index in [0.717, 1.165) is 17.5 Å². The molecule has 0 bridgehead atoms. The number of nitrogens with zero attached hydrogens (tertiary/aromatic N) is 2. The van der Waals surface area contributed by atoms with Gasteiger partial charge in [0.2, 0.25) is 0 Å². The van der Waals surface area contributed by atoms with E-state index in [1.54, 1.807) is 0 Å². The molecular weight excluding hydrogens is 228 g/mol. The highest BCUT2D eigenvalue weighted by Gasteiger charge is 2.23. The molecule has 0 aliphatic carbocycles. The summed E-state index contributed by atoms with van der Waals surface area (Å²) in [5, 5.41) is 1.11. The SMILES string of the molecule is NN1CCCN(Cc2cc(F)cc(F)c2)C1=O.